The molecule has 4 nitrogen and oxygen atoms in total. The van der Waals surface area contributed by atoms with Gasteiger partial charge >= 0.3 is 0 Å². The number of piperidine rings is 1. The molecule has 3 N–H and O–H groups in total. The van der Waals surface area contributed by atoms with Crippen molar-refractivity contribution in [2.24, 2.45) is 5.73 Å². The Kier molecular flexibility index (Phi) is 4.78. The molecule has 0 atom stereocenters. The number of amides is 1. The number of nitrogens with two attached hydrogens (primary N) is 1. The van der Waals surface area contributed by atoms with Crippen LogP contribution in [0.1, 0.15) is 19.8 Å². The van der Waals surface area contributed by atoms with Gasteiger partial charge in [-0.05, 0) is 18.4 Å². The maximum absolute atomic E-state index is 10.9. The molecule has 86 valence electrons. The molecule has 0 bridgehead atoms. The molecular weight excluding hydrogens is 190 g/mol. The van der Waals surface area contributed by atoms with E-state index in [1.54, 1.807) is 6.92 Å². The van der Waals surface area contributed by atoms with Crippen LogP contribution >= 0.6 is 0 Å². The summed E-state index contributed by atoms with van der Waals surface area (Å²) in [5.74, 6) is 0.0693. The molecule has 0 aliphatic carbocycles. The second-order valence-corrected chi connectivity index (χ2v) is 4.21. The molecule has 0 spiro atoms. The van der Waals surface area contributed by atoms with E-state index in [2.05, 4.69) is 16.8 Å². The first kappa shape index (κ1) is 12.2. The third-order valence-electron chi connectivity index (χ3n) is 2.73. The summed E-state index contributed by atoms with van der Waals surface area (Å²) in [6.45, 7) is 8.96. The van der Waals surface area contributed by atoms with Crippen LogP contribution in [0.2, 0.25) is 0 Å². The van der Waals surface area contributed by atoms with Gasteiger partial charge in [-0.15, -0.1) is 0 Å². The van der Waals surface area contributed by atoms with E-state index in [1.165, 1.54) is 0 Å². The van der Waals surface area contributed by atoms with Crippen LogP contribution in [0.5, 0.6) is 0 Å². The van der Waals surface area contributed by atoms with Crippen LogP contribution in [0.15, 0.2) is 12.2 Å². The topological polar surface area (TPSA) is 58.4 Å². The minimum atomic E-state index is 0.0693. The third kappa shape index (κ3) is 4.44. The zero-order valence-electron chi connectivity index (χ0n) is 9.46. The average molecular weight is 211 g/mol. The van der Waals surface area contributed by atoms with E-state index in [1.807, 2.05) is 0 Å². The summed E-state index contributed by atoms with van der Waals surface area (Å²) < 4.78 is 0. The lowest BCUT2D eigenvalue weighted by molar-refractivity contribution is -0.119. The van der Waals surface area contributed by atoms with Crippen LogP contribution in [0.4, 0.5) is 0 Å². The molecular formula is C11H21N3O. The van der Waals surface area contributed by atoms with Crippen LogP contribution in [-0.4, -0.2) is 43.0 Å². The molecule has 1 amide bonds. The number of carbonyl (C=O) groups excluding carboxylic acids is 1. The number of nitrogens with zero attached hydrogens (tertiary/aromatic N) is 1. The van der Waals surface area contributed by atoms with Gasteiger partial charge in [0.05, 0.1) is 0 Å². The number of hydrogen-bond donors (Lipinski definition) is 2. The average Bonchev–Trinajstić information content (AvgIpc) is 2.20. The van der Waals surface area contributed by atoms with Crippen LogP contribution < -0.4 is 11.1 Å². The third-order valence-corrected chi connectivity index (χ3v) is 2.73. The first-order chi connectivity index (χ1) is 7.11. The molecule has 1 fully saturated rings. The van der Waals surface area contributed by atoms with E-state index < -0.39 is 0 Å². The Morgan fingerprint density at radius 1 is 1.53 bits per heavy atom. The number of rotatable bonds is 4. The highest BCUT2D eigenvalue weighted by atomic mass is 16.1. The SMILES string of the molecule is C=C(CN)CN1CCC(NC(C)=O)CC1. The van der Waals surface area contributed by atoms with Crippen molar-refractivity contribution >= 4 is 5.91 Å². The lowest BCUT2D eigenvalue weighted by atomic mass is 10.0. The number of carbonyl (C=O) groups is 1. The standard InChI is InChI=1S/C11H21N3O/c1-9(7-12)8-14-5-3-11(4-6-14)13-10(2)15/h11H,1,3-8,12H2,2H3,(H,13,15). The van der Waals surface area contributed by atoms with Crippen molar-refractivity contribution in [1.29, 1.82) is 0 Å². The summed E-state index contributed by atoms with van der Waals surface area (Å²) in [6, 6.07) is 0.352. The van der Waals surface area contributed by atoms with Crippen LogP contribution in [0.3, 0.4) is 0 Å². The molecule has 0 aromatic rings. The van der Waals surface area contributed by atoms with Gasteiger partial charge in [-0.25, -0.2) is 0 Å². The smallest absolute Gasteiger partial charge is 0.217 e. The van der Waals surface area contributed by atoms with Gasteiger partial charge in [-0.3, -0.25) is 9.69 Å². The predicted molar refractivity (Wildman–Crippen MR) is 61.5 cm³/mol. The lowest BCUT2D eigenvalue weighted by Crippen LogP contribution is -2.44. The van der Waals surface area contributed by atoms with Crippen molar-refractivity contribution in [3.8, 4) is 0 Å². The lowest BCUT2D eigenvalue weighted by Gasteiger charge is -2.32. The molecule has 1 aliphatic heterocycles. The molecule has 1 saturated heterocycles. The maximum Gasteiger partial charge on any atom is 0.217 e. The molecule has 0 saturated carbocycles. The molecule has 0 radical (unpaired) electrons. The predicted octanol–water partition coefficient (Wildman–Crippen LogP) is 0.102. The summed E-state index contributed by atoms with van der Waals surface area (Å²) in [5, 5.41) is 2.96. The Hall–Kier alpha value is -0.870. The summed E-state index contributed by atoms with van der Waals surface area (Å²) in [6.07, 6.45) is 2.05. The van der Waals surface area contributed by atoms with Crippen molar-refractivity contribution in [3.63, 3.8) is 0 Å². The van der Waals surface area contributed by atoms with E-state index in [0.29, 0.717) is 12.6 Å². The maximum atomic E-state index is 10.9. The highest BCUT2D eigenvalue weighted by Crippen LogP contribution is 2.11. The Morgan fingerprint density at radius 2 is 2.13 bits per heavy atom. The summed E-state index contributed by atoms with van der Waals surface area (Å²) in [4.78, 5) is 13.2. The Morgan fingerprint density at radius 3 is 2.60 bits per heavy atom. The van der Waals surface area contributed by atoms with E-state index in [4.69, 9.17) is 5.73 Å². The Bertz CT molecular complexity index is 232. The van der Waals surface area contributed by atoms with Crippen LogP contribution in [0.25, 0.3) is 0 Å². The molecule has 0 aromatic carbocycles. The fraction of sp³-hybridized carbons (Fsp3) is 0.727. The van der Waals surface area contributed by atoms with E-state index >= 15 is 0 Å². The zero-order valence-corrected chi connectivity index (χ0v) is 9.46. The van der Waals surface area contributed by atoms with Gasteiger partial charge in [0.15, 0.2) is 0 Å². The molecule has 1 rings (SSSR count). The number of hydrogen-bond acceptors (Lipinski definition) is 3. The second kappa shape index (κ2) is 5.88. The van der Waals surface area contributed by atoms with Gasteiger partial charge < -0.3 is 11.1 Å². The summed E-state index contributed by atoms with van der Waals surface area (Å²) >= 11 is 0. The van der Waals surface area contributed by atoms with Gasteiger partial charge in [0.1, 0.15) is 0 Å². The molecule has 0 aromatic heterocycles. The quantitative estimate of drug-likeness (QED) is 0.649. The van der Waals surface area contributed by atoms with Gasteiger partial charge in [0.2, 0.25) is 5.91 Å². The van der Waals surface area contributed by atoms with E-state index in [0.717, 1.165) is 38.0 Å². The van der Waals surface area contributed by atoms with Crippen LogP contribution in [-0.2, 0) is 4.79 Å². The van der Waals surface area contributed by atoms with Crippen molar-refractivity contribution in [1.82, 2.24) is 10.2 Å². The molecule has 0 unspecified atom stereocenters. The highest BCUT2D eigenvalue weighted by Gasteiger charge is 2.19. The van der Waals surface area contributed by atoms with Crippen molar-refractivity contribution in [2.75, 3.05) is 26.2 Å². The summed E-state index contributed by atoms with van der Waals surface area (Å²) in [5.41, 5.74) is 6.58. The van der Waals surface area contributed by atoms with Gasteiger partial charge in [0, 0.05) is 39.1 Å². The molecule has 15 heavy (non-hydrogen) atoms. The molecule has 4 heteroatoms. The number of nitrogens with one attached hydrogen (secondary N) is 1. The minimum Gasteiger partial charge on any atom is -0.354 e. The fourth-order valence-electron chi connectivity index (χ4n) is 1.90. The summed E-state index contributed by atoms with van der Waals surface area (Å²) in [7, 11) is 0. The van der Waals surface area contributed by atoms with Crippen LogP contribution in [0, 0.1) is 0 Å². The first-order valence-electron chi connectivity index (χ1n) is 5.48. The van der Waals surface area contributed by atoms with Gasteiger partial charge in [-0.1, -0.05) is 6.58 Å². The molecule has 1 aliphatic rings. The highest BCUT2D eigenvalue weighted by molar-refractivity contribution is 5.73. The molecule has 1 heterocycles. The van der Waals surface area contributed by atoms with Crippen molar-refractivity contribution < 1.29 is 4.79 Å². The zero-order chi connectivity index (χ0) is 11.3. The normalized spacial score (nSPS) is 18.8. The minimum absolute atomic E-state index is 0.0693. The van der Waals surface area contributed by atoms with Gasteiger partial charge in [0.25, 0.3) is 0 Å². The largest absolute Gasteiger partial charge is 0.354 e. The number of likely N-dealkylation sites (tertiary alicyclic amines) is 1. The van der Waals surface area contributed by atoms with E-state index in [-0.39, 0.29) is 5.91 Å². The fourth-order valence-corrected chi connectivity index (χ4v) is 1.90. The Labute approximate surface area is 91.5 Å². The first-order valence-corrected chi connectivity index (χ1v) is 5.48. The Balaban J connectivity index is 2.23. The van der Waals surface area contributed by atoms with Crippen molar-refractivity contribution in [2.45, 2.75) is 25.8 Å². The van der Waals surface area contributed by atoms with Crippen molar-refractivity contribution in [3.05, 3.63) is 12.2 Å². The van der Waals surface area contributed by atoms with Gasteiger partial charge in [-0.2, -0.15) is 0 Å². The second-order valence-electron chi connectivity index (χ2n) is 4.21. The van der Waals surface area contributed by atoms with E-state index in [9.17, 15) is 4.79 Å². The monoisotopic (exact) mass is 211 g/mol.